The molecular weight excluding hydrogens is 578 g/mol. The molecule has 2 atom stereocenters. The molecule has 11 heteroatoms. The highest BCUT2D eigenvalue weighted by Crippen LogP contribution is 2.38. The third kappa shape index (κ3) is 5.81. The summed E-state index contributed by atoms with van der Waals surface area (Å²) < 4.78 is 40.2. The molecule has 0 spiro atoms. The number of aromatic nitrogens is 1. The number of ether oxygens (including phenoxy) is 2. The van der Waals surface area contributed by atoms with Gasteiger partial charge in [-0.3, -0.25) is 4.79 Å². The summed E-state index contributed by atoms with van der Waals surface area (Å²) in [4.78, 5) is 20.4. The number of allylic oxidation sites excluding steroid dienone is 2. The van der Waals surface area contributed by atoms with E-state index in [9.17, 15) is 13.2 Å². The van der Waals surface area contributed by atoms with Gasteiger partial charge in [0.25, 0.3) is 5.91 Å². The maximum atomic E-state index is 13.7. The normalized spacial score (nSPS) is 20.7. The molecular formula is C33H37N5O5S. The van der Waals surface area contributed by atoms with E-state index in [1.165, 1.54) is 9.31 Å². The molecule has 44 heavy (non-hydrogen) atoms. The summed E-state index contributed by atoms with van der Waals surface area (Å²) in [5.41, 5.74) is 2.18. The Bertz CT molecular complexity index is 1650. The minimum Gasteiger partial charge on any atom is -0.490 e. The van der Waals surface area contributed by atoms with E-state index in [0.717, 1.165) is 17.1 Å². The van der Waals surface area contributed by atoms with Gasteiger partial charge < -0.3 is 14.4 Å². The van der Waals surface area contributed by atoms with Crippen molar-refractivity contribution in [3.8, 4) is 11.5 Å². The molecule has 0 bridgehead atoms. The number of anilines is 2. The molecule has 1 aliphatic carbocycles. The number of benzene rings is 2. The lowest BCUT2D eigenvalue weighted by Crippen LogP contribution is -2.48. The van der Waals surface area contributed by atoms with Crippen LogP contribution in [-0.4, -0.2) is 68.7 Å². The summed E-state index contributed by atoms with van der Waals surface area (Å²) in [6.07, 6.45) is 7.22. The van der Waals surface area contributed by atoms with Gasteiger partial charge in [0.1, 0.15) is 5.82 Å². The molecule has 1 aromatic heterocycles. The molecule has 0 radical (unpaired) electrons. The van der Waals surface area contributed by atoms with Crippen molar-refractivity contribution in [2.24, 2.45) is 16.9 Å². The first-order valence-corrected chi connectivity index (χ1v) is 16.6. The van der Waals surface area contributed by atoms with E-state index < -0.39 is 10.0 Å². The fourth-order valence-electron chi connectivity index (χ4n) is 6.05. The first-order chi connectivity index (χ1) is 21.4. The summed E-state index contributed by atoms with van der Waals surface area (Å²) in [5.74, 6) is 1.71. The second-order valence-corrected chi connectivity index (χ2v) is 12.8. The third-order valence-electron chi connectivity index (χ3n) is 8.29. The van der Waals surface area contributed by atoms with Crippen molar-refractivity contribution in [3.63, 3.8) is 0 Å². The molecule has 2 aliphatic heterocycles. The van der Waals surface area contributed by atoms with Gasteiger partial charge in [-0.15, -0.1) is 0 Å². The number of pyridine rings is 1. The zero-order chi connectivity index (χ0) is 30.7. The smallest absolute Gasteiger partial charge is 0.251 e. The first kappa shape index (κ1) is 29.8. The number of fused-ring (bicyclic) bond motifs is 1. The number of piperazine rings is 1. The number of hydrazone groups is 1. The Labute approximate surface area is 258 Å². The van der Waals surface area contributed by atoms with Crippen molar-refractivity contribution in [1.82, 2.24) is 9.29 Å². The Kier molecular flexibility index (Phi) is 8.67. The van der Waals surface area contributed by atoms with Crippen molar-refractivity contribution in [3.05, 3.63) is 84.6 Å². The number of carbonyl (C=O) groups is 1. The van der Waals surface area contributed by atoms with Crippen LogP contribution in [0.4, 0.5) is 11.5 Å². The largest absolute Gasteiger partial charge is 0.490 e. The topological polar surface area (TPSA) is 105 Å². The van der Waals surface area contributed by atoms with Gasteiger partial charge in [-0.1, -0.05) is 18.2 Å². The number of hydrogen-bond acceptors (Lipinski definition) is 8. The quantitative estimate of drug-likeness (QED) is 0.321. The Hall–Kier alpha value is -4.22. The lowest BCUT2D eigenvalue weighted by molar-refractivity contribution is -0.123. The number of sulfonamides is 1. The van der Waals surface area contributed by atoms with Crippen molar-refractivity contribution in [2.45, 2.75) is 31.6 Å². The molecule has 3 heterocycles. The Morgan fingerprint density at radius 3 is 2.23 bits per heavy atom. The second-order valence-electron chi connectivity index (χ2n) is 10.9. The van der Waals surface area contributed by atoms with Crippen LogP contribution >= 0.6 is 0 Å². The van der Waals surface area contributed by atoms with E-state index in [0.29, 0.717) is 69.4 Å². The molecule has 1 saturated heterocycles. The molecule has 2 aromatic carbocycles. The van der Waals surface area contributed by atoms with E-state index in [1.807, 2.05) is 56.3 Å². The molecule has 0 N–H and O–H groups in total. The van der Waals surface area contributed by atoms with E-state index in [2.05, 4.69) is 16.0 Å². The lowest BCUT2D eigenvalue weighted by Gasteiger charge is -2.37. The van der Waals surface area contributed by atoms with Gasteiger partial charge in [0.15, 0.2) is 11.5 Å². The zero-order valence-corrected chi connectivity index (χ0v) is 25.8. The SMILES string of the molecule is CCOc1ccc(C2=NN(c3ccc(S(=O)(=O)N4CCN(c5ccccn5)CC4)cc3)C(=O)[C@H]3CC=CC[C@@H]23)cc1OCC. The summed E-state index contributed by atoms with van der Waals surface area (Å²) in [5, 5.41) is 6.31. The highest BCUT2D eigenvalue weighted by molar-refractivity contribution is 7.89. The van der Waals surface area contributed by atoms with Crippen LogP contribution in [0.3, 0.4) is 0 Å². The Balaban J connectivity index is 1.26. The molecule has 6 rings (SSSR count). The molecule has 3 aliphatic rings. The molecule has 230 valence electrons. The standard InChI is InChI=1S/C33H37N5O5S/c1-3-42-29-17-12-24(23-30(29)43-4-2)32-27-9-5-6-10-28(27)33(39)38(35-32)25-13-15-26(16-14-25)44(40,41)37-21-19-36(20-22-37)31-11-7-8-18-34-31/h5-8,11-18,23,27-28H,3-4,9-10,19-22H2,1-2H3/t27-,28+/m1/s1. The van der Waals surface area contributed by atoms with Crippen molar-refractivity contribution in [2.75, 3.05) is 49.3 Å². The number of carbonyl (C=O) groups excluding carboxylic acids is 1. The van der Waals surface area contributed by atoms with Crippen LogP contribution in [0.15, 0.2) is 89.0 Å². The second kappa shape index (κ2) is 12.8. The lowest BCUT2D eigenvalue weighted by atomic mass is 9.76. The van der Waals surface area contributed by atoms with E-state index in [-0.39, 0.29) is 22.6 Å². The van der Waals surface area contributed by atoms with Gasteiger partial charge in [0.2, 0.25) is 10.0 Å². The van der Waals surface area contributed by atoms with Crippen molar-refractivity contribution < 1.29 is 22.7 Å². The van der Waals surface area contributed by atoms with Crippen molar-refractivity contribution >= 4 is 33.1 Å². The van der Waals surface area contributed by atoms with Gasteiger partial charge in [-0.2, -0.15) is 9.41 Å². The maximum Gasteiger partial charge on any atom is 0.251 e. The van der Waals surface area contributed by atoms with Gasteiger partial charge in [-0.25, -0.2) is 18.4 Å². The summed E-state index contributed by atoms with van der Waals surface area (Å²) in [7, 11) is -3.71. The number of amides is 1. The van der Waals surface area contributed by atoms with Crippen molar-refractivity contribution in [1.29, 1.82) is 0 Å². The minimum absolute atomic E-state index is 0.0689. The summed E-state index contributed by atoms with van der Waals surface area (Å²) in [6.45, 7) is 6.70. The van der Waals surface area contributed by atoms with Crippen LogP contribution < -0.4 is 19.4 Å². The average molecular weight is 616 g/mol. The van der Waals surface area contributed by atoms with Crippen LogP contribution in [0.5, 0.6) is 11.5 Å². The number of rotatable bonds is 9. The molecule has 1 fully saturated rings. The van der Waals surface area contributed by atoms with Gasteiger partial charge in [0, 0.05) is 43.9 Å². The van der Waals surface area contributed by atoms with Crippen LogP contribution in [0, 0.1) is 11.8 Å². The predicted molar refractivity (Wildman–Crippen MR) is 170 cm³/mol. The molecule has 0 unspecified atom stereocenters. The van der Waals surface area contributed by atoms with Crippen LogP contribution in [0.2, 0.25) is 0 Å². The first-order valence-electron chi connectivity index (χ1n) is 15.1. The van der Waals surface area contributed by atoms with Gasteiger partial charge >= 0.3 is 0 Å². The molecule has 10 nitrogen and oxygen atoms in total. The Morgan fingerprint density at radius 1 is 0.841 bits per heavy atom. The molecule has 1 amide bonds. The van der Waals surface area contributed by atoms with E-state index in [1.54, 1.807) is 30.5 Å². The molecule has 0 saturated carbocycles. The van der Waals surface area contributed by atoms with Crippen LogP contribution in [-0.2, 0) is 14.8 Å². The minimum atomic E-state index is -3.71. The predicted octanol–water partition coefficient (Wildman–Crippen LogP) is 4.72. The van der Waals surface area contributed by atoms with Gasteiger partial charge in [-0.05, 0) is 81.3 Å². The van der Waals surface area contributed by atoms with Gasteiger partial charge in [0.05, 0.1) is 35.4 Å². The van der Waals surface area contributed by atoms with Crippen LogP contribution in [0.25, 0.3) is 0 Å². The fourth-order valence-corrected chi connectivity index (χ4v) is 7.47. The van der Waals surface area contributed by atoms with E-state index in [4.69, 9.17) is 14.6 Å². The monoisotopic (exact) mass is 615 g/mol. The van der Waals surface area contributed by atoms with Crippen LogP contribution in [0.1, 0.15) is 32.3 Å². The Morgan fingerprint density at radius 2 is 1.55 bits per heavy atom. The number of hydrogen-bond donors (Lipinski definition) is 0. The highest BCUT2D eigenvalue weighted by Gasteiger charge is 2.41. The summed E-state index contributed by atoms with van der Waals surface area (Å²) >= 11 is 0. The third-order valence-corrected chi connectivity index (χ3v) is 10.2. The molecule has 3 aromatic rings. The average Bonchev–Trinajstić information content (AvgIpc) is 3.07. The fraction of sp³-hybridized carbons (Fsp3) is 0.364. The highest BCUT2D eigenvalue weighted by atomic mass is 32.2. The van der Waals surface area contributed by atoms with E-state index >= 15 is 0 Å². The zero-order valence-electron chi connectivity index (χ0n) is 25.0. The summed E-state index contributed by atoms with van der Waals surface area (Å²) in [6, 6.07) is 17.9. The number of nitrogens with zero attached hydrogens (tertiary/aromatic N) is 5. The maximum absolute atomic E-state index is 13.7.